The summed E-state index contributed by atoms with van der Waals surface area (Å²) in [7, 11) is 0. The van der Waals surface area contributed by atoms with Gasteiger partial charge in [0.2, 0.25) is 11.8 Å². The van der Waals surface area contributed by atoms with E-state index in [4.69, 9.17) is 25.7 Å². The second-order valence-electron chi connectivity index (χ2n) is 8.03. The van der Waals surface area contributed by atoms with Gasteiger partial charge < -0.3 is 15.2 Å². The fourth-order valence-electron chi connectivity index (χ4n) is 2.55. The van der Waals surface area contributed by atoms with Gasteiger partial charge in [-0.3, -0.25) is 14.9 Å². The van der Waals surface area contributed by atoms with Crippen molar-refractivity contribution < 1.29 is 19.1 Å². The van der Waals surface area contributed by atoms with E-state index in [1.165, 1.54) is 0 Å². The zero-order valence-electron chi connectivity index (χ0n) is 16.8. The van der Waals surface area contributed by atoms with Crippen LogP contribution >= 0.6 is 0 Å². The number of nitrogens with zero attached hydrogens (tertiary/aromatic N) is 2. The molecule has 0 aromatic carbocycles. The molecule has 0 radical (unpaired) electrons. The van der Waals surface area contributed by atoms with Gasteiger partial charge in [-0.25, -0.2) is 0 Å². The third kappa shape index (κ3) is 11.2. The summed E-state index contributed by atoms with van der Waals surface area (Å²) in [5, 5.41) is 19.6. The molecule has 2 amide bonds. The highest BCUT2D eigenvalue weighted by atomic mass is 16.5. The minimum atomic E-state index is -0.831. The van der Waals surface area contributed by atoms with Gasteiger partial charge in [-0.1, -0.05) is 27.7 Å². The van der Waals surface area contributed by atoms with E-state index >= 15 is 0 Å². The topological polar surface area (TPSA) is 138 Å². The Morgan fingerprint density at radius 2 is 1.59 bits per heavy atom. The summed E-state index contributed by atoms with van der Waals surface area (Å²) in [4.78, 5) is 22.7. The van der Waals surface area contributed by atoms with Gasteiger partial charge in [-0.05, 0) is 30.1 Å². The summed E-state index contributed by atoms with van der Waals surface area (Å²) >= 11 is 0. The summed E-state index contributed by atoms with van der Waals surface area (Å²) in [5.74, 6) is -1.72. The monoisotopic (exact) mass is 380 g/mol. The second-order valence-corrected chi connectivity index (χ2v) is 8.03. The van der Waals surface area contributed by atoms with E-state index in [0.29, 0.717) is 39.3 Å². The first kappa shape index (κ1) is 24.8. The summed E-state index contributed by atoms with van der Waals surface area (Å²) < 4.78 is 11.1. The third-order valence-corrected chi connectivity index (χ3v) is 4.42. The van der Waals surface area contributed by atoms with Crippen LogP contribution in [0.4, 0.5) is 0 Å². The number of nitriles is 2. The first-order valence-corrected chi connectivity index (χ1v) is 9.08. The van der Waals surface area contributed by atoms with Crippen LogP contribution in [0.1, 0.15) is 53.4 Å². The van der Waals surface area contributed by atoms with Crippen LogP contribution in [0, 0.1) is 39.5 Å². The lowest BCUT2D eigenvalue weighted by atomic mass is 9.77. The standard InChI is InChI=1S/C19H32N4O4/c1-18(2,12-16(24)23-14-21)6-10-26-8-5-9-27-11-7-19(3,4)15(13-20)17(22)25/h15H,5-12H2,1-4H3,(H2,22,25)(H,23,24). The van der Waals surface area contributed by atoms with Crippen molar-refractivity contribution in [2.75, 3.05) is 26.4 Å². The van der Waals surface area contributed by atoms with Crippen LogP contribution in [0.5, 0.6) is 0 Å². The van der Waals surface area contributed by atoms with Crippen LogP contribution in [-0.2, 0) is 19.1 Å². The highest BCUT2D eigenvalue weighted by molar-refractivity contribution is 5.80. The Morgan fingerprint density at radius 3 is 2.07 bits per heavy atom. The lowest BCUT2D eigenvalue weighted by Crippen LogP contribution is -2.35. The second kappa shape index (κ2) is 12.3. The Hall–Kier alpha value is -2.16. The molecule has 0 spiro atoms. The molecule has 0 fully saturated rings. The first-order valence-electron chi connectivity index (χ1n) is 9.08. The molecular weight excluding hydrogens is 348 g/mol. The highest BCUT2D eigenvalue weighted by Crippen LogP contribution is 2.30. The number of primary amides is 1. The fourth-order valence-corrected chi connectivity index (χ4v) is 2.55. The van der Waals surface area contributed by atoms with Crippen molar-refractivity contribution in [1.29, 1.82) is 10.5 Å². The number of hydrogen-bond acceptors (Lipinski definition) is 6. The quantitative estimate of drug-likeness (QED) is 0.268. The van der Waals surface area contributed by atoms with E-state index in [-0.39, 0.29) is 17.7 Å². The number of amides is 2. The van der Waals surface area contributed by atoms with Crippen LogP contribution in [-0.4, -0.2) is 38.2 Å². The Morgan fingerprint density at radius 1 is 1.04 bits per heavy atom. The third-order valence-electron chi connectivity index (χ3n) is 4.42. The SMILES string of the molecule is CC(C)(CCOCCCOCCC(C)(C)C(C#N)C(N)=O)CC(=O)NC#N. The largest absolute Gasteiger partial charge is 0.381 e. The van der Waals surface area contributed by atoms with Crippen molar-refractivity contribution in [1.82, 2.24) is 5.32 Å². The Kier molecular flexibility index (Phi) is 11.3. The van der Waals surface area contributed by atoms with Crippen LogP contribution < -0.4 is 11.1 Å². The number of ether oxygens (including phenoxy) is 2. The molecule has 152 valence electrons. The molecule has 0 bridgehead atoms. The molecule has 27 heavy (non-hydrogen) atoms. The molecule has 1 atom stereocenters. The molecular formula is C19H32N4O4. The molecule has 0 aliphatic heterocycles. The number of carbonyl (C=O) groups excluding carboxylic acids is 2. The molecule has 0 aromatic heterocycles. The molecule has 3 N–H and O–H groups in total. The van der Waals surface area contributed by atoms with E-state index in [1.54, 1.807) is 6.19 Å². The van der Waals surface area contributed by atoms with Crippen molar-refractivity contribution in [3.8, 4) is 12.3 Å². The molecule has 0 saturated heterocycles. The van der Waals surface area contributed by atoms with Gasteiger partial charge in [0.05, 0.1) is 6.07 Å². The number of rotatable bonds is 14. The summed E-state index contributed by atoms with van der Waals surface area (Å²) in [6, 6.07) is 1.96. The van der Waals surface area contributed by atoms with Crippen LogP contribution in [0.3, 0.4) is 0 Å². The van der Waals surface area contributed by atoms with Crippen molar-refractivity contribution in [3.05, 3.63) is 0 Å². The van der Waals surface area contributed by atoms with Crippen LogP contribution in [0.25, 0.3) is 0 Å². The maximum absolute atomic E-state index is 11.4. The lowest BCUT2D eigenvalue weighted by molar-refractivity contribution is -0.123. The molecule has 0 aliphatic rings. The summed E-state index contributed by atoms with van der Waals surface area (Å²) in [6.45, 7) is 9.62. The van der Waals surface area contributed by atoms with Gasteiger partial charge in [0.15, 0.2) is 6.19 Å². The van der Waals surface area contributed by atoms with E-state index in [0.717, 1.165) is 6.42 Å². The molecule has 0 aliphatic carbocycles. The number of nitrogens with one attached hydrogen (secondary N) is 1. The molecule has 0 saturated carbocycles. The Bertz CT molecular complexity index is 561. The summed E-state index contributed by atoms with van der Waals surface area (Å²) in [6.07, 6.45) is 3.91. The predicted octanol–water partition coefficient (Wildman–Crippen LogP) is 1.85. The highest BCUT2D eigenvalue weighted by Gasteiger charge is 2.33. The molecule has 1 unspecified atom stereocenters. The van der Waals surface area contributed by atoms with E-state index < -0.39 is 17.2 Å². The van der Waals surface area contributed by atoms with Gasteiger partial charge >= 0.3 is 0 Å². The minimum absolute atomic E-state index is 0.235. The van der Waals surface area contributed by atoms with Gasteiger partial charge in [0.25, 0.3) is 0 Å². The van der Waals surface area contributed by atoms with Gasteiger partial charge in [-0.15, -0.1) is 0 Å². The van der Waals surface area contributed by atoms with E-state index in [1.807, 2.05) is 33.8 Å². The van der Waals surface area contributed by atoms with Crippen molar-refractivity contribution in [2.24, 2.45) is 22.5 Å². The first-order chi connectivity index (χ1) is 12.6. The molecule has 0 aromatic rings. The van der Waals surface area contributed by atoms with Gasteiger partial charge in [-0.2, -0.15) is 10.5 Å². The van der Waals surface area contributed by atoms with Gasteiger partial charge in [0, 0.05) is 32.8 Å². The Labute approximate surface area is 162 Å². The molecule has 8 heteroatoms. The fraction of sp³-hybridized carbons (Fsp3) is 0.789. The number of carbonyl (C=O) groups is 2. The molecule has 0 heterocycles. The average molecular weight is 380 g/mol. The van der Waals surface area contributed by atoms with Crippen molar-refractivity contribution in [2.45, 2.75) is 53.4 Å². The minimum Gasteiger partial charge on any atom is -0.381 e. The van der Waals surface area contributed by atoms with Crippen molar-refractivity contribution in [3.63, 3.8) is 0 Å². The zero-order valence-corrected chi connectivity index (χ0v) is 16.8. The predicted molar refractivity (Wildman–Crippen MR) is 99.7 cm³/mol. The lowest BCUT2D eigenvalue weighted by Gasteiger charge is -2.27. The summed E-state index contributed by atoms with van der Waals surface area (Å²) in [5.41, 5.74) is 4.49. The number of nitrogens with two attached hydrogens (primary N) is 1. The maximum atomic E-state index is 11.4. The maximum Gasteiger partial charge on any atom is 0.235 e. The Balaban J connectivity index is 3.82. The smallest absolute Gasteiger partial charge is 0.235 e. The van der Waals surface area contributed by atoms with E-state index in [2.05, 4.69) is 5.32 Å². The van der Waals surface area contributed by atoms with Gasteiger partial charge in [0.1, 0.15) is 5.92 Å². The number of hydrogen-bond donors (Lipinski definition) is 2. The van der Waals surface area contributed by atoms with E-state index in [9.17, 15) is 9.59 Å². The van der Waals surface area contributed by atoms with Crippen LogP contribution in [0.2, 0.25) is 0 Å². The van der Waals surface area contributed by atoms with Crippen molar-refractivity contribution >= 4 is 11.8 Å². The average Bonchev–Trinajstić information content (AvgIpc) is 2.52. The zero-order chi connectivity index (χ0) is 20.9. The normalized spacial score (nSPS) is 12.7. The van der Waals surface area contributed by atoms with Crippen LogP contribution in [0.15, 0.2) is 0 Å². The molecule has 8 nitrogen and oxygen atoms in total. The molecule has 0 rings (SSSR count).